The van der Waals surface area contributed by atoms with Crippen molar-refractivity contribution >= 4 is 6.09 Å². The van der Waals surface area contributed by atoms with Gasteiger partial charge in [0.2, 0.25) is 0 Å². The highest BCUT2D eigenvalue weighted by Crippen LogP contribution is 2.26. The van der Waals surface area contributed by atoms with E-state index in [9.17, 15) is 4.79 Å². The first-order chi connectivity index (χ1) is 5.88. The number of rotatable bonds is 2. The van der Waals surface area contributed by atoms with E-state index in [1.165, 1.54) is 0 Å². The molecule has 1 saturated carbocycles. The quantitative estimate of drug-likeness (QED) is 0.672. The molecule has 4 heteroatoms. The van der Waals surface area contributed by atoms with Crippen LogP contribution in [-0.4, -0.2) is 24.3 Å². The molecule has 1 rings (SSSR count). The Morgan fingerprint density at radius 3 is 2.54 bits per heavy atom. The maximum atomic E-state index is 11.1. The number of alkyl carbamates (subject to hydrolysis) is 1. The van der Waals surface area contributed by atoms with Crippen LogP contribution in [0.4, 0.5) is 4.79 Å². The zero-order chi connectivity index (χ0) is 10.1. The Balaban J connectivity index is 2.11. The molecule has 0 unspecified atom stereocenters. The molecule has 0 spiro atoms. The minimum Gasteiger partial charge on any atom is -0.444 e. The maximum Gasteiger partial charge on any atom is 0.407 e. The van der Waals surface area contributed by atoms with Gasteiger partial charge in [0, 0.05) is 12.6 Å². The SMILES string of the molecule is CC(C)(C)OC(=O)NC[C@@H]1C[C@H]1N. The van der Waals surface area contributed by atoms with E-state index >= 15 is 0 Å². The Morgan fingerprint density at radius 2 is 2.15 bits per heavy atom. The second kappa shape index (κ2) is 3.54. The summed E-state index contributed by atoms with van der Waals surface area (Å²) >= 11 is 0. The van der Waals surface area contributed by atoms with Gasteiger partial charge < -0.3 is 15.8 Å². The number of amides is 1. The van der Waals surface area contributed by atoms with Crippen LogP contribution in [0.5, 0.6) is 0 Å². The molecule has 1 fully saturated rings. The molecule has 0 heterocycles. The molecule has 0 aromatic rings. The summed E-state index contributed by atoms with van der Waals surface area (Å²) in [5.74, 6) is 0.451. The third-order valence-electron chi connectivity index (χ3n) is 1.88. The zero-order valence-electron chi connectivity index (χ0n) is 8.46. The van der Waals surface area contributed by atoms with Gasteiger partial charge in [-0.2, -0.15) is 0 Å². The number of carbonyl (C=O) groups excluding carboxylic acids is 1. The van der Waals surface area contributed by atoms with Crippen molar-refractivity contribution in [2.45, 2.75) is 38.8 Å². The van der Waals surface area contributed by atoms with Gasteiger partial charge in [0.1, 0.15) is 5.60 Å². The number of ether oxygens (including phenoxy) is 1. The molecule has 3 N–H and O–H groups in total. The molecule has 1 aliphatic rings. The number of carbonyl (C=O) groups is 1. The molecule has 0 aromatic carbocycles. The number of nitrogens with two attached hydrogens (primary N) is 1. The summed E-state index contributed by atoms with van der Waals surface area (Å²) < 4.78 is 5.06. The molecule has 4 nitrogen and oxygen atoms in total. The van der Waals surface area contributed by atoms with E-state index in [1.807, 2.05) is 20.8 Å². The van der Waals surface area contributed by atoms with E-state index in [4.69, 9.17) is 10.5 Å². The van der Waals surface area contributed by atoms with Crippen molar-refractivity contribution in [3.8, 4) is 0 Å². The first-order valence-electron chi connectivity index (χ1n) is 4.61. The third kappa shape index (κ3) is 4.12. The van der Waals surface area contributed by atoms with Gasteiger partial charge in [0.05, 0.1) is 0 Å². The van der Waals surface area contributed by atoms with E-state index in [-0.39, 0.29) is 12.1 Å². The van der Waals surface area contributed by atoms with Crippen LogP contribution < -0.4 is 11.1 Å². The summed E-state index contributed by atoms with van der Waals surface area (Å²) in [7, 11) is 0. The summed E-state index contributed by atoms with van der Waals surface area (Å²) in [5, 5.41) is 2.69. The highest BCUT2D eigenvalue weighted by Gasteiger charge is 2.33. The smallest absolute Gasteiger partial charge is 0.407 e. The average Bonchev–Trinajstić information content (AvgIpc) is 2.58. The molecule has 0 aliphatic heterocycles. The third-order valence-corrected chi connectivity index (χ3v) is 1.88. The van der Waals surface area contributed by atoms with Gasteiger partial charge in [-0.05, 0) is 33.1 Å². The Bertz CT molecular complexity index is 198. The fraction of sp³-hybridized carbons (Fsp3) is 0.889. The van der Waals surface area contributed by atoms with Gasteiger partial charge in [0.15, 0.2) is 0 Å². The monoisotopic (exact) mass is 186 g/mol. The van der Waals surface area contributed by atoms with Crippen LogP contribution in [0.3, 0.4) is 0 Å². The lowest BCUT2D eigenvalue weighted by Crippen LogP contribution is -2.34. The van der Waals surface area contributed by atoms with Crippen LogP contribution in [0, 0.1) is 5.92 Å². The van der Waals surface area contributed by atoms with E-state index in [1.54, 1.807) is 0 Å². The molecule has 0 radical (unpaired) electrons. The van der Waals surface area contributed by atoms with Crippen LogP contribution in [-0.2, 0) is 4.74 Å². The van der Waals surface area contributed by atoms with Crippen LogP contribution in [0.1, 0.15) is 27.2 Å². The largest absolute Gasteiger partial charge is 0.444 e. The minimum absolute atomic E-state index is 0.273. The minimum atomic E-state index is -0.421. The van der Waals surface area contributed by atoms with Crippen molar-refractivity contribution in [3.63, 3.8) is 0 Å². The average molecular weight is 186 g/mol. The summed E-state index contributed by atoms with van der Waals surface area (Å²) in [6, 6.07) is 0.273. The molecule has 1 aliphatic carbocycles. The fourth-order valence-electron chi connectivity index (χ4n) is 1.03. The van der Waals surface area contributed by atoms with E-state index < -0.39 is 5.60 Å². The van der Waals surface area contributed by atoms with Crippen molar-refractivity contribution in [1.29, 1.82) is 0 Å². The predicted molar refractivity (Wildman–Crippen MR) is 50.3 cm³/mol. The lowest BCUT2D eigenvalue weighted by molar-refractivity contribution is 0.0525. The molecule has 2 atom stereocenters. The molecule has 0 bridgehead atoms. The van der Waals surface area contributed by atoms with Gasteiger partial charge >= 0.3 is 6.09 Å². The molecule has 76 valence electrons. The van der Waals surface area contributed by atoms with Gasteiger partial charge in [-0.25, -0.2) is 4.79 Å². The number of hydrogen-bond donors (Lipinski definition) is 2. The fourth-order valence-corrected chi connectivity index (χ4v) is 1.03. The maximum absolute atomic E-state index is 11.1. The van der Waals surface area contributed by atoms with Crippen molar-refractivity contribution in [1.82, 2.24) is 5.32 Å². The zero-order valence-corrected chi connectivity index (χ0v) is 8.46. The summed E-state index contributed by atoms with van der Waals surface area (Å²) in [5.41, 5.74) is 5.17. The van der Waals surface area contributed by atoms with Crippen LogP contribution in [0.15, 0.2) is 0 Å². The van der Waals surface area contributed by atoms with Gasteiger partial charge in [-0.15, -0.1) is 0 Å². The first kappa shape index (κ1) is 10.3. The molecule has 13 heavy (non-hydrogen) atoms. The van der Waals surface area contributed by atoms with E-state index in [0.717, 1.165) is 6.42 Å². The van der Waals surface area contributed by atoms with Crippen molar-refractivity contribution < 1.29 is 9.53 Å². The lowest BCUT2D eigenvalue weighted by Gasteiger charge is -2.19. The van der Waals surface area contributed by atoms with Crippen LogP contribution in [0.25, 0.3) is 0 Å². The Morgan fingerprint density at radius 1 is 1.62 bits per heavy atom. The predicted octanol–water partition coefficient (Wildman–Crippen LogP) is 0.858. The normalized spacial score (nSPS) is 26.8. The summed E-state index contributed by atoms with van der Waals surface area (Å²) in [6.45, 7) is 6.16. The van der Waals surface area contributed by atoms with Crippen molar-refractivity contribution in [3.05, 3.63) is 0 Å². The number of nitrogens with one attached hydrogen (secondary N) is 1. The second-order valence-corrected chi connectivity index (χ2v) is 4.54. The molecule has 0 aromatic heterocycles. The van der Waals surface area contributed by atoms with E-state index in [2.05, 4.69) is 5.32 Å². The summed E-state index contributed by atoms with van der Waals surface area (Å²) in [6.07, 6.45) is 0.655. The topological polar surface area (TPSA) is 64.3 Å². The molecular formula is C9H18N2O2. The van der Waals surface area contributed by atoms with E-state index in [0.29, 0.717) is 12.5 Å². The Labute approximate surface area is 78.8 Å². The van der Waals surface area contributed by atoms with Gasteiger partial charge in [0.25, 0.3) is 0 Å². The van der Waals surface area contributed by atoms with Gasteiger partial charge in [-0.1, -0.05) is 0 Å². The van der Waals surface area contributed by atoms with Crippen molar-refractivity contribution in [2.75, 3.05) is 6.54 Å². The molecule has 0 saturated heterocycles. The second-order valence-electron chi connectivity index (χ2n) is 4.54. The molecule has 1 amide bonds. The standard InChI is InChI=1S/C9H18N2O2/c1-9(2,3)13-8(12)11-5-6-4-7(6)10/h6-7H,4-5,10H2,1-3H3,(H,11,12)/t6-,7+/m0/s1. The van der Waals surface area contributed by atoms with Crippen molar-refractivity contribution in [2.24, 2.45) is 11.7 Å². The summed E-state index contributed by atoms with van der Waals surface area (Å²) in [4.78, 5) is 11.1. The Hall–Kier alpha value is -0.770. The Kier molecular flexibility index (Phi) is 2.81. The number of hydrogen-bond acceptors (Lipinski definition) is 3. The van der Waals surface area contributed by atoms with Crippen LogP contribution >= 0.6 is 0 Å². The lowest BCUT2D eigenvalue weighted by atomic mass is 10.2. The highest BCUT2D eigenvalue weighted by molar-refractivity contribution is 5.67. The molecular weight excluding hydrogens is 168 g/mol. The van der Waals surface area contributed by atoms with Gasteiger partial charge in [-0.3, -0.25) is 0 Å². The highest BCUT2D eigenvalue weighted by atomic mass is 16.6. The van der Waals surface area contributed by atoms with Crippen LogP contribution in [0.2, 0.25) is 0 Å². The first-order valence-corrected chi connectivity index (χ1v) is 4.61.